The smallest absolute Gasteiger partial charge is 0.274 e. The summed E-state index contributed by atoms with van der Waals surface area (Å²) in [5.74, 6) is 2.16. The Hall–Kier alpha value is -2.67. The van der Waals surface area contributed by atoms with Crippen molar-refractivity contribution in [3.05, 3.63) is 54.1 Å². The Balaban J connectivity index is 2.13. The number of hydrogen-bond acceptors (Lipinski definition) is 3. The highest BCUT2D eigenvalue weighted by Gasteiger charge is 2.06. The molecule has 82 valence electrons. The molecule has 0 fully saturated rings. The van der Waals surface area contributed by atoms with Crippen LogP contribution in [0, 0.1) is 12.3 Å². The molecule has 0 aliphatic carbocycles. The first-order valence-electron chi connectivity index (χ1n) is 4.93. The van der Waals surface area contributed by atoms with Crippen molar-refractivity contribution in [3.8, 4) is 12.3 Å². The molecule has 4 heteroatoms. The van der Waals surface area contributed by atoms with Gasteiger partial charge in [-0.15, -0.1) is 6.42 Å². The first-order valence-corrected chi connectivity index (χ1v) is 4.93. The standard InChI is InChI=1S/C13H9N3O/c1-2-10-3-4-12(15-9-10)13(17)16-11-5-7-14-8-6-11/h1,3-9H,(H,14,16,17). The SMILES string of the molecule is C#Cc1ccc(C(=O)Nc2ccncc2)nc1. The van der Waals surface area contributed by atoms with Crippen LogP contribution < -0.4 is 5.32 Å². The molecule has 0 aliphatic rings. The third-order valence-corrected chi connectivity index (χ3v) is 2.10. The number of nitrogens with one attached hydrogen (secondary N) is 1. The number of carbonyl (C=O) groups excluding carboxylic acids is 1. The first kappa shape index (κ1) is 10.8. The zero-order valence-electron chi connectivity index (χ0n) is 8.92. The monoisotopic (exact) mass is 223 g/mol. The van der Waals surface area contributed by atoms with Crippen LogP contribution in [0.1, 0.15) is 16.1 Å². The molecule has 0 aliphatic heterocycles. The van der Waals surface area contributed by atoms with Crippen molar-refractivity contribution in [2.45, 2.75) is 0 Å². The van der Waals surface area contributed by atoms with Crippen LogP contribution >= 0.6 is 0 Å². The zero-order valence-corrected chi connectivity index (χ0v) is 8.92. The molecule has 1 amide bonds. The molecular formula is C13H9N3O. The van der Waals surface area contributed by atoms with Gasteiger partial charge in [0.05, 0.1) is 0 Å². The molecule has 0 radical (unpaired) electrons. The van der Waals surface area contributed by atoms with Gasteiger partial charge in [-0.2, -0.15) is 0 Å². The molecule has 0 bridgehead atoms. The summed E-state index contributed by atoms with van der Waals surface area (Å²) in [7, 11) is 0. The second-order valence-corrected chi connectivity index (χ2v) is 3.27. The Bertz CT molecular complexity index is 555. The summed E-state index contributed by atoms with van der Waals surface area (Å²) >= 11 is 0. The van der Waals surface area contributed by atoms with Crippen LogP contribution in [0.3, 0.4) is 0 Å². The van der Waals surface area contributed by atoms with Gasteiger partial charge in [0.25, 0.3) is 5.91 Å². The fourth-order valence-corrected chi connectivity index (χ4v) is 1.24. The first-order chi connectivity index (χ1) is 8.29. The highest BCUT2D eigenvalue weighted by molar-refractivity contribution is 6.02. The van der Waals surface area contributed by atoms with Crippen LogP contribution in [-0.2, 0) is 0 Å². The predicted molar refractivity (Wildman–Crippen MR) is 64.4 cm³/mol. The quantitative estimate of drug-likeness (QED) is 0.788. The van der Waals surface area contributed by atoms with Crippen LogP contribution in [0.5, 0.6) is 0 Å². The molecule has 0 spiro atoms. The maximum atomic E-state index is 11.8. The lowest BCUT2D eigenvalue weighted by atomic mass is 10.2. The number of terminal acetylenes is 1. The van der Waals surface area contributed by atoms with E-state index in [1.165, 1.54) is 6.20 Å². The third kappa shape index (κ3) is 2.67. The van der Waals surface area contributed by atoms with Crippen LogP contribution in [0.25, 0.3) is 0 Å². The van der Waals surface area contributed by atoms with E-state index in [0.717, 1.165) is 0 Å². The van der Waals surface area contributed by atoms with Crippen molar-refractivity contribution >= 4 is 11.6 Å². The number of pyridine rings is 2. The average Bonchev–Trinajstić information content (AvgIpc) is 2.40. The molecule has 17 heavy (non-hydrogen) atoms. The lowest BCUT2D eigenvalue weighted by molar-refractivity contribution is 0.102. The number of rotatable bonds is 2. The molecule has 2 aromatic heterocycles. The average molecular weight is 223 g/mol. The molecule has 2 rings (SSSR count). The van der Waals surface area contributed by atoms with E-state index in [1.807, 2.05) is 0 Å². The second kappa shape index (κ2) is 4.90. The van der Waals surface area contributed by atoms with Crippen molar-refractivity contribution in [2.24, 2.45) is 0 Å². The number of amides is 1. The van der Waals surface area contributed by atoms with Crippen molar-refractivity contribution in [1.29, 1.82) is 0 Å². The molecule has 4 nitrogen and oxygen atoms in total. The summed E-state index contributed by atoms with van der Waals surface area (Å²) in [6.07, 6.45) is 9.89. The summed E-state index contributed by atoms with van der Waals surface area (Å²) in [6.45, 7) is 0. The minimum atomic E-state index is -0.278. The number of nitrogens with zero attached hydrogens (tertiary/aromatic N) is 2. The Morgan fingerprint density at radius 3 is 2.59 bits per heavy atom. The third-order valence-electron chi connectivity index (χ3n) is 2.10. The normalized spacial score (nSPS) is 9.35. The molecule has 0 atom stereocenters. The van der Waals surface area contributed by atoms with E-state index in [0.29, 0.717) is 16.9 Å². The molecule has 0 unspecified atom stereocenters. The van der Waals surface area contributed by atoms with Crippen molar-refractivity contribution < 1.29 is 4.79 Å². The lowest BCUT2D eigenvalue weighted by Crippen LogP contribution is -2.13. The topological polar surface area (TPSA) is 54.9 Å². The lowest BCUT2D eigenvalue weighted by Gasteiger charge is -2.03. The van der Waals surface area contributed by atoms with Crippen LogP contribution in [0.2, 0.25) is 0 Å². The van der Waals surface area contributed by atoms with E-state index in [-0.39, 0.29) is 5.91 Å². The number of anilines is 1. The molecular weight excluding hydrogens is 214 g/mol. The highest BCUT2D eigenvalue weighted by Crippen LogP contribution is 2.06. The van der Waals surface area contributed by atoms with Gasteiger partial charge in [0.15, 0.2) is 0 Å². The highest BCUT2D eigenvalue weighted by atomic mass is 16.1. The van der Waals surface area contributed by atoms with E-state index in [4.69, 9.17) is 6.42 Å². The molecule has 0 aromatic carbocycles. The Kier molecular flexibility index (Phi) is 3.13. The Morgan fingerprint density at radius 1 is 1.24 bits per heavy atom. The fraction of sp³-hybridized carbons (Fsp3) is 0. The van der Waals surface area contributed by atoms with Gasteiger partial charge < -0.3 is 5.32 Å². The Labute approximate surface area is 98.7 Å². The summed E-state index contributed by atoms with van der Waals surface area (Å²) < 4.78 is 0. The zero-order chi connectivity index (χ0) is 12.1. The molecule has 0 saturated carbocycles. The van der Waals surface area contributed by atoms with E-state index in [9.17, 15) is 4.79 Å². The van der Waals surface area contributed by atoms with Crippen molar-refractivity contribution in [1.82, 2.24) is 9.97 Å². The summed E-state index contributed by atoms with van der Waals surface area (Å²) in [6, 6.07) is 6.67. The minimum absolute atomic E-state index is 0.278. The van der Waals surface area contributed by atoms with E-state index in [1.54, 1.807) is 36.7 Å². The van der Waals surface area contributed by atoms with Gasteiger partial charge >= 0.3 is 0 Å². The summed E-state index contributed by atoms with van der Waals surface area (Å²) in [4.78, 5) is 19.6. The summed E-state index contributed by atoms with van der Waals surface area (Å²) in [5, 5.41) is 2.70. The maximum Gasteiger partial charge on any atom is 0.274 e. The van der Waals surface area contributed by atoms with Crippen LogP contribution in [0.4, 0.5) is 5.69 Å². The molecule has 0 saturated heterocycles. The number of carbonyl (C=O) groups is 1. The van der Waals surface area contributed by atoms with Gasteiger partial charge in [-0.3, -0.25) is 9.78 Å². The number of hydrogen-bond donors (Lipinski definition) is 1. The second-order valence-electron chi connectivity index (χ2n) is 3.27. The van der Waals surface area contributed by atoms with E-state index >= 15 is 0 Å². The van der Waals surface area contributed by atoms with Gasteiger partial charge in [-0.1, -0.05) is 5.92 Å². The van der Waals surface area contributed by atoms with Gasteiger partial charge in [0.1, 0.15) is 5.69 Å². The van der Waals surface area contributed by atoms with Crippen LogP contribution in [0.15, 0.2) is 42.9 Å². The van der Waals surface area contributed by atoms with E-state index in [2.05, 4.69) is 21.2 Å². The van der Waals surface area contributed by atoms with Gasteiger partial charge in [-0.05, 0) is 24.3 Å². The number of aromatic nitrogens is 2. The fourth-order valence-electron chi connectivity index (χ4n) is 1.24. The Morgan fingerprint density at radius 2 is 2.00 bits per heavy atom. The molecule has 2 aromatic rings. The predicted octanol–water partition coefficient (Wildman–Crippen LogP) is 1.71. The summed E-state index contributed by atoms with van der Waals surface area (Å²) in [5.41, 5.74) is 1.64. The molecule has 1 N–H and O–H groups in total. The maximum absolute atomic E-state index is 11.8. The van der Waals surface area contributed by atoms with Gasteiger partial charge in [0.2, 0.25) is 0 Å². The van der Waals surface area contributed by atoms with E-state index < -0.39 is 0 Å². The van der Waals surface area contributed by atoms with Crippen LogP contribution in [-0.4, -0.2) is 15.9 Å². The van der Waals surface area contributed by atoms with Gasteiger partial charge in [-0.25, -0.2) is 4.98 Å². The minimum Gasteiger partial charge on any atom is -0.321 e. The van der Waals surface area contributed by atoms with Crippen molar-refractivity contribution in [2.75, 3.05) is 5.32 Å². The van der Waals surface area contributed by atoms with Crippen molar-refractivity contribution in [3.63, 3.8) is 0 Å². The largest absolute Gasteiger partial charge is 0.321 e. The molecule has 2 heterocycles. The van der Waals surface area contributed by atoms with Gasteiger partial charge in [0, 0.05) is 29.8 Å².